The summed E-state index contributed by atoms with van der Waals surface area (Å²) in [6.45, 7) is 5.28. The Hall–Kier alpha value is -1.89. The molecule has 0 aliphatic carbocycles. The van der Waals surface area contributed by atoms with Crippen molar-refractivity contribution in [1.82, 2.24) is 5.32 Å². The highest BCUT2D eigenvalue weighted by Crippen LogP contribution is 2.18. The van der Waals surface area contributed by atoms with E-state index < -0.39 is 23.7 Å². The number of alkyl carbamates (subject to hydrolysis) is 1. The Morgan fingerprint density at radius 3 is 2.38 bits per heavy atom. The lowest BCUT2D eigenvalue weighted by atomic mass is 10.2. The SMILES string of the molecule is COc1ccc(CSC[C@@H](CC(=O)O)NC(=O)OC(C)(C)C)cc1. The second kappa shape index (κ2) is 9.42. The Balaban J connectivity index is 2.49. The van der Waals surface area contributed by atoms with Crippen LogP contribution in [0.2, 0.25) is 0 Å². The summed E-state index contributed by atoms with van der Waals surface area (Å²) in [4.78, 5) is 22.8. The van der Waals surface area contributed by atoms with Crippen molar-refractivity contribution >= 4 is 23.8 Å². The van der Waals surface area contributed by atoms with Gasteiger partial charge in [0.1, 0.15) is 11.4 Å². The maximum atomic E-state index is 11.8. The molecule has 134 valence electrons. The van der Waals surface area contributed by atoms with Crippen LogP contribution in [-0.4, -0.2) is 41.7 Å². The van der Waals surface area contributed by atoms with Crippen LogP contribution in [-0.2, 0) is 15.3 Å². The van der Waals surface area contributed by atoms with Crippen molar-refractivity contribution in [2.75, 3.05) is 12.9 Å². The van der Waals surface area contributed by atoms with Crippen LogP contribution in [0.3, 0.4) is 0 Å². The summed E-state index contributed by atoms with van der Waals surface area (Å²) < 4.78 is 10.3. The maximum Gasteiger partial charge on any atom is 0.407 e. The fraction of sp³-hybridized carbons (Fsp3) is 0.529. The molecule has 0 unspecified atom stereocenters. The second-order valence-electron chi connectivity index (χ2n) is 6.30. The molecule has 1 aromatic rings. The summed E-state index contributed by atoms with van der Waals surface area (Å²) in [6, 6.07) is 7.19. The van der Waals surface area contributed by atoms with E-state index in [1.54, 1.807) is 39.6 Å². The fourth-order valence-electron chi connectivity index (χ4n) is 1.88. The maximum absolute atomic E-state index is 11.8. The van der Waals surface area contributed by atoms with Crippen molar-refractivity contribution in [1.29, 1.82) is 0 Å². The Kier molecular flexibility index (Phi) is 7.91. The van der Waals surface area contributed by atoms with Gasteiger partial charge in [-0.25, -0.2) is 4.79 Å². The Morgan fingerprint density at radius 1 is 1.25 bits per heavy atom. The van der Waals surface area contributed by atoms with E-state index in [0.717, 1.165) is 17.1 Å². The number of methoxy groups -OCH3 is 1. The number of carbonyl (C=O) groups is 2. The zero-order valence-corrected chi connectivity index (χ0v) is 15.3. The summed E-state index contributed by atoms with van der Waals surface area (Å²) in [5, 5.41) is 11.6. The third-order valence-electron chi connectivity index (χ3n) is 2.89. The van der Waals surface area contributed by atoms with Gasteiger partial charge in [-0.05, 0) is 38.5 Å². The molecule has 0 saturated heterocycles. The molecule has 6 nitrogen and oxygen atoms in total. The molecular formula is C17H25NO5S. The van der Waals surface area contributed by atoms with Crippen LogP contribution >= 0.6 is 11.8 Å². The molecule has 0 aromatic heterocycles. The average Bonchev–Trinajstić information content (AvgIpc) is 2.45. The molecule has 1 atom stereocenters. The van der Waals surface area contributed by atoms with Gasteiger partial charge in [0.05, 0.1) is 19.6 Å². The minimum atomic E-state index is -0.957. The summed E-state index contributed by atoms with van der Waals surface area (Å²) >= 11 is 1.56. The number of aliphatic carboxylic acids is 1. The summed E-state index contributed by atoms with van der Waals surface area (Å²) in [6.07, 6.45) is -0.742. The number of rotatable bonds is 8. The van der Waals surface area contributed by atoms with Crippen LogP contribution in [0.1, 0.15) is 32.8 Å². The monoisotopic (exact) mass is 355 g/mol. The second-order valence-corrected chi connectivity index (χ2v) is 7.33. The summed E-state index contributed by atoms with van der Waals surface area (Å²) in [5.74, 6) is 1.04. The van der Waals surface area contributed by atoms with E-state index in [1.807, 2.05) is 24.3 Å². The third kappa shape index (κ3) is 8.67. The standard InChI is InChI=1S/C17H25NO5S/c1-17(2,3)23-16(21)18-13(9-15(19)20)11-24-10-12-5-7-14(22-4)8-6-12/h5-8,13H,9-11H2,1-4H3,(H,18,21)(H,19,20)/t13-/m1/s1. The van der Waals surface area contributed by atoms with E-state index in [1.165, 1.54) is 0 Å². The topological polar surface area (TPSA) is 84.9 Å². The lowest BCUT2D eigenvalue weighted by molar-refractivity contribution is -0.137. The van der Waals surface area contributed by atoms with Crippen LogP contribution in [0.15, 0.2) is 24.3 Å². The molecule has 2 N–H and O–H groups in total. The summed E-state index contributed by atoms with van der Waals surface area (Å²) in [7, 11) is 1.61. The predicted octanol–water partition coefficient (Wildman–Crippen LogP) is 3.30. The van der Waals surface area contributed by atoms with Gasteiger partial charge in [0.15, 0.2) is 0 Å². The highest BCUT2D eigenvalue weighted by molar-refractivity contribution is 7.98. The molecule has 1 rings (SSSR count). The van der Waals surface area contributed by atoms with Crippen molar-refractivity contribution in [3.8, 4) is 5.75 Å². The quantitative estimate of drug-likeness (QED) is 0.744. The minimum Gasteiger partial charge on any atom is -0.497 e. The fourth-order valence-corrected chi connectivity index (χ4v) is 2.91. The van der Waals surface area contributed by atoms with E-state index in [-0.39, 0.29) is 6.42 Å². The van der Waals surface area contributed by atoms with Crippen molar-refractivity contribution in [2.45, 2.75) is 44.6 Å². The Morgan fingerprint density at radius 2 is 1.88 bits per heavy atom. The number of carboxylic acids is 1. The molecular weight excluding hydrogens is 330 g/mol. The number of benzene rings is 1. The van der Waals surface area contributed by atoms with Gasteiger partial charge in [0.2, 0.25) is 0 Å². The van der Waals surface area contributed by atoms with Gasteiger partial charge in [0, 0.05) is 11.5 Å². The number of carboxylic acid groups (broad SMARTS) is 1. The molecule has 0 fully saturated rings. The molecule has 1 amide bonds. The third-order valence-corrected chi connectivity index (χ3v) is 4.06. The number of thioether (sulfide) groups is 1. The first kappa shape index (κ1) is 20.2. The largest absolute Gasteiger partial charge is 0.497 e. The van der Waals surface area contributed by atoms with E-state index in [4.69, 9.17) is 14.6 Å². The number of nitrogens with one attached hydrogen (secondary N) is 1. The number of carbonyl (C=O) groups excluding carboxylic acids is 1. The first-order valence-corrected chi connectivity index (χ1v) is 8.77. The van der Waals surface area contributed by atoms with Crippen molar-refractivity contribution in [3.05, 3.63) is 29.8 Å². The first-order valence-electron chi connectivity index (χ1n) is 7.61. The molecule has 0 aliphatic heterocycles. The molecule has 7 heteroatoms. The molecule has 0 radical (unpaired) electrons. The van der Waals surface area contributed by atoms with Crippen LogP contribution < -0.4 is 10.1 Å². The van der Waals surface area contributed by atoms with Gasteiger partial charge in [0.25, 0.3) is 0 Å². The molecule has 0 bridgehead atoms. The van der Waals surface area contributed by atoms with Crippen molar-refractivity contribution in [2.24, 2.45) is 0 Å². The number of amides is 1. The van der Waals surface area contributed by atoms with Gasteiger partial charge < -0.3 is 19.9 Å². The van der Waals surface area contributed by atoms with Gasteiger partial charge in [-0.15, -0.1) is 0 Å². The predicted molar refractivity (Wildman–Crippen MR) is 94.6 cm³/mol. The molecule has 0 heterocycles. The van der Waals surface area contributed by atoms with Gasteiger partial charge >= 0.3 is 12.1 Å². The van der Waals surface area contributed by atoms with Gasteiger partial charge in [-0.2, -0.15) is 11.8 Å². The number of hydrogen-bond acceptors (Lipinski definition) is 5. The van der Waals surface area contributed by atoms with Crippen LogP contribution in [0.5, 0.6) is 5.75 Å². The van der Waals surface area contributed by atoms with E-state index in [0.29, 0.717) is 5.75 Å². The molecule has 0 spiro atoms. The normalized spacial score (nSPS) is 12.3. The zero-order chi connectivity index (χ0) is 18.2. The number of ether oxygens (including phenoxy) is 2. The van der Waals surface area contributed by atoms with Crippen LogP contribution in [0.4, 0.5) is 4.79 Å². The van der Waals surface area contributed by atoms with Crippen molar-refractivity contribution < 1.29 is 24.2 Å². The van der Waals surface area contributed by atoms with Crippen LogP contribution in [0, 0.1) is 0 Å². The molecule has 0 aliphatic rings. The van der Waals surface area contributed by atoms with E-state index in [9.17, 15) is 9.59 Å². The lowest BCUT2D eigenvalue weighted by Crippen LogP contribution is -2.41. The minimum absolute atomic E-state index is 0.144. The average molecular weight is 355 g/mol. The van der Waals surface area contributed by atoms with E-state index >= 15 is 0 Å². The zero-order valence-electron chi connectivity index (χ0n) is 14.5. The lowest BCUT2D eigenvalue weighted by Gasteiger charge is -2.22. The van der Waals surface area contributed by atoms with Gasteiger partial charge in [-0.1, -0.05) is 12.1 Å². The highest BCUT2D eigenvalue weighted by Gasteiger charge is 2.21. The smallest absolute Gasteiger partial charge is 0.407 e. The number of hydrogen-bond donors (Lipinski definition) is 2. The molecule has 1 aromatic carbocycles. The van der Waals surface area contributed by atoms with E-state index in [2.05, 4.69) is 5.32 Å². The Bertz CT molecular complexity index is 539. The van der Waals surface area contributed by atoms with Crippen LogP contribution in [0.25, 0.3) is 0 Å². The Labute approximate surface area is 146 Å². The molecule has 24 heavy (non-hydrogen) atoms. The summed E-state index contributed by atoms with van der Waals surface area (Å²) in [5.41, 5.74) is 0.487. The molecule has 0 saturated carbocycles. The van der Waals surface area contributed by atoms with Gasteiger partial charge in [-0.3, -0.25) is 4.79 Å². The van der Waals surface area contributed by atoms with Crippen molar-refractivity contribution in [3.63, 3.8) is 0 Å². The highest BCUT2D eigenvalue weighted by atomic mass is 32.2. The first-order chi connectivity index (χ1) is 11.2.